The molecule has 0 aliphatic carbocycles. The van der Waals surface area contributed by atoms with Crippen molar-refractivity contribution in [1.82, 2.24) is 0 Å². The number of benzene rings is 1. The minimum absolute atomic E-state index is 0.142. The van der Waals surface area contributed by atoms with Crippen LogP contribution < -0.4 is 10.1 Å². The molecule has 0 fully saturated rings. The zero-order valence-corrected chi connectivity index (χ0v) is 12.1. The average molecular weight is 314 g/mol. The van der Waals surface area contributed by atoms with Crippen LogP contribution in [0.1, 0.15) is 32.4 Å². The number of aliphatic hydroxyl groups excluding tert-OH is 1. The zero-order valence-electron chi connectivity index (χ0n) is 10.5. The number of amides is 1. The van der Waals surface area contributed by atoms with Gasteiger partial charge in [0, 0.05) is 18.2 Å². The highest BCUT2D eigenvalue weighted by molar-refractivity contribution is 9.09. The molecule has 0 unspecified atom stereocenters. The van der Waals surface area contributed by atoms with Gasteiger partial charge in [0.15, 0.2) is 0 Å². The molecule has 1 aromatic carbocycles. The van der Waals surface area contributed by atoms with Crippen molar-refractivity contribution in [3.05, 3.63) is 23.8 Å². The van der Waals surface area contributed by atoms with Gasteiger partial charge in [0.2, 0.25) is 5.91 Å². The first kappa shape index (κ1) is 13.4. The van der Waals surface area contributed by atoms with Crippen LogP contribution in [0.2, 0.25) is 0 Å². The minimum atomic E-state index is -0.669. The SMILES string of the molecule is CC(=O)Nc1ccc2c(c1)[C@H](O)[C@@H](Br)C(C)(C)O2. The van der Waals surface area contributed by atoms with Gasteiger partial charge in [-0.2, -0.15) is 0 Å². The van der Waals surface area contributed by atoms with Crippen LogP contribution >= 0.6 is 15.9 Å². The topological polar surface area (TPSA) is 58.6 Å². The molecule has 4 nitrogen and oxygen atoms in total. The number of hydrogen-bond acceptors (Lipinski definition) is 3. The van der Waals surface area contributed by atoms with Crippen molar-refractivity contribution >= 4 is 27.5 Å². The van der Waals surface area contributed by atoms with Gasteiger partial charge in [0.25, 0.3) is 0 Å². The van der Waals surface area contributed by atoms with E-state index in [1.807, 2.05) is 13.8 Å². The lowest BCUT2D eigenvalue weighted by atomic mass is 9.91. The highest BCUT2D eigenvalue weighted by atomic mass is 79.9. The van der Waals surface area contributed by atoms with Gasteiger partial charge in [0.05, 0.1) is 10.9 Å². The minimum Gasteiger partial charge on any atom is -0.486 e. The Labute approximate surface area is 114 Å². The van der Waals surface area contributed by atoms with Crippen LogP contribution in [0.5, 0.6) is 5.75 Å². The summed E-state index contributed by atoms with van der Waals surface area (Å²) in [6, 6.07) is 5.27. The molecule has 0 spiro atoms. The van der Waals surface area contributed by atoms with Crippen LogP contribution in [0.15, 0.2) is 18.2 Å². The molecule has 0 radical (unpaired) electrons. The third-order valence-electron chi connectivity index (χ3n) is 2.96. The fourth-order valence-corrected chi connectivity index (χ4v) is 2.41. The molecular formula is C13H16BrNO3. The second-order valence-electron chi connectivity index (χ2n) is 4.99. The number of fused-ring (bicyclic) bond motifs is 1. The first-order valence-corrected chi connectivity index (χ1v) is 6.65. The maximum absolute atomic E-state index is 11.0. The van der Waals surface area contributed by atoms with Crippen LogP contribution in [0.25, 0.3) is 0 Å². The van der Waals surface area contributed by atoms with Crippen LogP contribution in [0, 0.1) is 0 Å². The van der Waals surface area contributed by atoms with Crippen molar-refractivity contribution in [2.75, 3.05) is 5.32 Å². The van der Waals surface area contributed by atoms with Crippen LogP contribution in [-0.2, 0) is 4.79 Å². The Hall–Kier alpha value is -1.07. The largest absolute Gasteiger partial charge is 0.486 e. The number of aliphatic hydroxyl groups is 1. The molecule has 0 saturated carbocycles. The summed E-state index contributed by atoms with van der Waals surface area (Å²) in [5.41, 5.74) is 0.854. The monoisotopic (exact) mass is 313 g/mol. The maximum atomic E-state index is 11.0. The van der Waals surface area contributed by atoms with E-state index in [4.69, 9.17) is 4.74 Å². The lowest BCUT2D eigenvalue weighted by Gasteiger charge is -2.40. The first-order chi connectivity index (χ1) is 8.31. The summed E-state index contributed by atoms with van der Waals surface area (Å²) in [6.45, 7) is 5.28. The third kappa shape index (κ3) is 2.37. The van der Waals surface area contributed by atoms with E-state index in [-0.39, 0.29) is 10.7 Å². The smallest absolute Gasteiger partial charge is 0.221 e. The van der Waals surface area contributed by atoms with Gasteiger partial charge in [0.1, 0.15) is 11.4 Å². The lowest BCUT2D eigenvalue weighted by molar-refractivity contribution is -0.114. The lowest BCUT2D eigenvalue weighted by Crippen LogP contribution is -2.45. The van der Waals surface area contributed by atoms with E-state index in [9.17, 15) is 9.90 Å². The van der Waals surface area contributed by atoms with E-state index in [1.165, 1.54) is 6.92 Å². The molecule has 1 amide bonds. The number of halogens is 1. The molecule has 2 rings (SSSR count). The molecule has 1 aliphatic rings. The van der Waals surface area contributed by atoms with E-state index in [0.717, 1.165) is 0 Å². The molecule has 98 valence electrons. The summed E-state index contributed by atoms with van der Waals surface area (Å²) in [4.78, 5) is 10.8. The summed E-state index contributed by atoms with van der Waals surface area (Å²) in [7, 11) is 0. The number of hydrogen-bond donors (Lipinski definition) is 2. The molecule has 1 aliphatic heterocycles. The predicted molar refractivity (Wildman–Crippen MR) is 73.1 cm³/mol. The normalized spacial score (nSPS) is 24.9. The highest BCUT2D eigenvalue weighted by Gasteiger charge is 2.41. The van der Waals surface area contributed by atoms with Crippen LogP contribution in [-0.4, -0.2) is 21.4 Å². The van der Waals surface area contributed by atoms with Gasteiger partial charge in [-0.3, -0.25) is 4.79 Å². The number of nitrogens with one attached hydrogen (secondary N) is 1. The van der Waals surface area contributed by atoms with E-state index < -0.39 is 11.7 Å². The summed E-state index contributed by atoms with van der Waals surface area (Å²) in [5, 5.41) is 13.0. The van der Waals surface area contributed by atoms with Crippen LogP contribution in [0.3, 0.4) is 0 Å². The van der Waals surface area contributed by atoms with E-state index in [2.05, 4.69) is 21.2 Å². The van der Waals surface area contributed by atoms with Crippen molar-refractivity contribution in [1.29, 1.82) is 0 Å². The predicted octanol–water partition coefficient (Wildman–Crippen LogP) is 2.61. The number of ether oxygens (including phenoxy) is 1. The van der Waals surface area contributed by atoms with Gasteiger partial charge >= 0.3 is 0 Å². The van der Waals surface area contributed by atoms with Crippen molar-refractivity contribution in [3.63, 3.8) is 0 Å². The van der Waals surface area contributed by atoms with E-state index >= 15 is 0 Å². The molecule has 1 aromatic rings. The Bertz CT molecular complexity index is 487. The molecule has 5 heteroatoms. The molecule has 0 saturated heterocycles. The number of alkyl halides is 1. The summed E-state index contributed by atoms with van der Waals surface area (Å²) >= 11 is 3.46. The Morgan fingerprint density at radius 3 is 2.78 bits per heavy atom. The number of carbonyl (C=O) groups is 1. The molecular weight excluding hydrogens is 298 g/mol. The molecule has 2 atom stereocenters. The van der Waals surface area contributed by atoms with E-state index in [1.54, 1.807) is 18.2 Å². The zero-order chi connectivity index (χ0) is 13.5. The average Bonchev–Trinajstić information content (AvgIpc) is 2.26. The second-order valence-corrected chi connectivity index (χ2v) is 5.97. The van der Waals surface area contributed by atoms with Gasteiger partial charge in [-0.15, -0.1) is 0 Å². The molecule has 1 heterocycles. The maximum Gasteiger partial charge on any atom is 0.221 e. The Morgan fingerprint density at radius 1 is 1.50 bits per heavy atom. The van der Waals surface area contributed by atoms with Crippen LogP contribution in [0.4, 0.5) is 5.69 Å². The van der Waals surface area contributed by atoms with Gasteiger partial charge in [-0.1, -0.05) is 15.9 Å². The Kier molecular flexibility index (Phi) is 3.38. The fourth-order valence-electron chi connectivity index (χ4n) is 2.03. The number of carbonyl (C=O) groups excluding carboxylic acids is 1. The highest BCUT2D eigenvalue weighted by Crippen LogP contribution is 2.44. The quantitative estimate of drug-likeness (QED) is 0.784. The van der Waals surface area contributed by atoms with Crippen molar-refractivity contribution in [3.8, 4) is 5.75 Å². The second kappa shape index (κ2) is 4.55. The third-order valence-corrected chi connectivity index (χ3v) is 4.57. The van der Waals surface area contributed by atoms with Gasteiger partial charge in [-0.05, 0) is 32.0 Å². The first-order valence-electron chi connectivity index (χ1n) is 5.74. The molecule has 18 heavy (non-hydrogen) atoms. The van der Waals surface area contributed by atoms with Crippen molar-refractivity contribution < 1.29 is 14.6 Å². The van der Waals surface area contributed by atoms with Crippen molar-refractivity contribution in [2.24, 2.45) is 0 Å². The van der Waals surface area contributed by atoms with Gasteiger partial charge < -0.3 is 15.2 Å². The number of anilines is 1. The molecule has 0 aromatic heterocycles. The summed E-state index contributed by atoms with van der Waals surface area (Å²) < 4.78 is 5.84. The Morgan fingerprint density at radius 2 is 2.17 bits per heavy atom. The van der Waals surface area contributed by atoms with E-state index in [0.29, 0.717) is 17.0 Å². The molecule has 2 N–H and O–H groups in total. The van der Waals surface area contributed by atoms with Crippen molar-refractivity contribution in [2.45, 2.75) is 37.3 Å². The summed E-state index contributed by atoms with van der Waals surface area (Å²) in [6.07, 6.45) is -0.669. The summed E-state index contributed by atoms with van der Waals surface area (Å²) in [5.74, 6) is 0.509. The number of rotatable bonds is 1. The van der Waals surface area contributed by atoms with Gasteiger partial charge in [-0.25, -0.2) is 0 Å². The molecule has 0 bridgehead atoms. The fraction of sp³-hybridized carbons (Fsp3) is 0.462. The Balaban J connectivity index is 2.39. The standard InChI is InChI=1S/C13H16BrNO3/c1-7(16)15-8-4-5-10-9(6-8)11(17)12(14)13(2,3)18-10/h4-6,11-12,17H,1-3H3,(H,15,16)/t11-,12+/m0/s1.